The molecule has 1 fully saturated rings. The molecule has 1 saturated heterocycles. The van der Waals surface area contributed by atoms with Crippen LogP contribution in [0.25, 0.3) is 0 Å². The van der Waals surface area contributed by atoms with E-state index in [1.54, 1.807) is 7.11 Å². The third-order valence-corrected chi connectivity index (χ3v) is 4.40. The number of hydrogen-bond donors (Lipinski definition) is 3. The molecule has 0 spiro atoms. The first-order chi connectivity index (χ1) is 10.5. The number of benzene rings is 1. The maximum atomic E-state index is 12.4. The number of amides is 2. The summed E-state index contributed by atoms with van der Waals surface area (Å²) in [5.74, 6) is 0.320. The molecule has 0 aromatic heterocycles. The first-order valence-corrected chi connectivity index (χ1v) is 7.60. The molecular formula is C16H24N3O3+. The van der Waals surface area contributed by atoms with E-state index in [-0.39, 0.29) is 23.8 Å². The Morgan fingerprint density at radius 1 is 1.32 bits per heavy atom. The third kappa shape index (κ3) is 3.76. The van der Waals surface area contributed by atoms with E-state index in [4.69, 9.17) is 10.5 Å². The van der Waals surface area contributed by atoms with Crippen LogP contribution in [-0.2, 0) is 9.59 Å². The van der Waals surface area contributed by atoms with Crippen LogP contribution in [0, 0.1) is 5.92 Å². The van der Waals surface area contributed by atoms with Crippen LogP contribution in [0.4, 0.5) is 5.69 Å². The molecule has 1 heterocycles. The predicted molar refractivity (Wildman–Crippen MR) is 83.7 cm³/mol. The van der Waals surface area contributed by atoms with Crippen molar-refractivity contribution in [3.8, 4) is 5.75 Å². The Morgan fingerprint density at radius 2 is 1.95 bits per heavy atom. The van der Waals surface area contributed by atoms with Gasteiger partial charge in [-0.2, -0.15) is 0 Å². The number of methoxy groups -OCH3 is 1. The van der Waals surface area contributed by atoms with E-state index in [9.17, 15) is 9.59 Å². The van der Waals surface area contributed by atoms with Crippen LogP contribution >= 0.6 is 0 Å². The first-order valence-electron chi connectivity index (χ1n) is 7.60. The maximum Gasteiger partial charge on any atom is 0.282 e. The fraction of sp³-hybridized carbons (Fsp3) is 0.500. The quantitative estimate of drug-likeness (QED) is 0.704. The van der Waals surface area contributed by atoms with Gasteiger partial charge in [-0.05, 0) is 19.1 Å². The highest BCUT2D eigenvalue weighted by atomic mass is 16.5. The lowest BCUT2D eigenvalue weighted by Gasteiger charge is -2.31. The minimum absolute atomic E-state index is 0.0444. The largest absolute Gasteiger partial charge is 0.495 e. The lowest BCUT2D eigenvalue weighted by Crippen LogP contribution is -3.17. The van der Waals surface area contributed by atoms with Crippen molar-refractivity contribution in [3.63, 3.8) is 0 Å². The van der Waals surface area contributed by atoms with E-state index in [2.05, 4.69) is 5.32 Å². The number of rotatable bonds is 5. The summed E-state index contributed by atoms with van der Waals surface area (Å²) in [6.07, 6.45) is 1.49. The molecule has 6 nitrogen and oxygen atoms in total. The molecule has 0 radical (unpaired) electrons. The highest BCUT2D eigenvalue weighted by Crippen LogP contribution is 2.22. The summed E-state index contributed by atoms with van der Waals surface area (Å²) in [6.45, 7) is 3.48. The second-order valence-corrected chi connectivity index (χ2v) is 5.75. The second-order valence-electron chi connectivity index (χ2n) is 5.75. The number of likely N-dealkylation sites (tertiary alicyclic amines) is 1. The van der Waals surface area contributed by atoms with Gasteiger partial charge < -0.3 is 20.7 Å². The number of anilines is 1. The van der Waals surface area contributed by atoms with Gasteiger partial charge >= 0.3 is 0 Å². The standard InChI is InChI=1S/C16H23N3O3/c1-11(19-9-7-12(8-10-19)15(17)20)16(21)18-13-5-3-4-6-14(13)22-2/h3-6,11-12H,7-10H2,1-2H3,(H2,17,20)(H,18,21)/p+1/t11-/m1/s1. The molecule has 0 bridgehead atoms. The van der Waals surface area contributed by atoms with Gasteiger partial charge in [-0.15, -0.1) is 0 Å². The summed E-state index contributed by atoms with van der Waals surface area (Å²) in [6, 6.07) is 7.16. The van der Waals surface area contributed by atoms with Crippen molar-refractivity contribution in [2.45, 2.75) is 25.8 Å². The van der Waals surface area contributed by atoms with Crippen LogP contribution in [0.15, 0.2) is 24.3 Å². The molecule has 2 rings (SSSR count). The molecule has 120 valence electrons. The number of nitrogens with one attached hydrogen (secondary N) is 2. The van der Waals surface area contributed by atoms with Gasteiger partial charge in [0.1, 0.15) is 5.75 Å². The van der Waals surface area contributed by atoms with Crippen LogP contribution in [0.2, 0.25) is 0 Å². The summed E-state index contributed by atoms with van der Waals surface area (Å²) in [4.78, 5) is 24.8. The van der Waals surface area contributed by atoms with E-state index in [0.717, 1.165) is 25.9 Å². The molecule has 0 saturated carbocycles. The van der Waals surface area contributed by atoms with Crippen molar-refractivity contribution in [2.24, 2.45) is 11.7 Å². The van der Waals surface area contributed by atoms with E-state index < -0.39 is 0 Å². The molecule has 22 heavy (non-hydrogen) atoms. The summed E-state index contributed by atoms with van der Waals surface area (Å²) >= 11 is 0. The second kappa shape index (κ2) is 7.26. The number of primary amides is 1. The molecule has 1 aromatic carbocycles. The first kappa shape index (κ1) is 16.3. The summed E-state index contributed by atoms with van der Waals surface area (Å²) in [5, 5.41) is 2.92. The number of piperidine rings is 1. The number of para-hydroxylation sites is 2. The lowest BCUT2D eigenvalue weighted by atomic mass is 9.95. The Morgan fingerprint density at radius 3 is 2.55 bits per heavy atom. The maximum absolute atomic E-state index is 12.4. The Hall–Kier alpha value is -2.08. The van der Waals surface area contributed by atoms with Crippen molar-refractivity contribution < 1.29 is 19.2 Å². The summed E-state index contributed by atoms with van der Waals surface area (Å²) < 4.78 is 5.24. The van der Waals surface area contributed by atoms with E-state index in [1.165, 1.54) is 4.90 Å². The molecule has 4 N–H and O–H groups in total. The normalized spacial score (nSPS) is 22.6. The van der Waals surface area contributed by atoms with E-state index >= 15 is 0 Å². The number of carbonyl (C=O) groups is 2. The van der Waals surface area contributed by atoms with Gasteiger partial charge in [-0.25, -0.2) is 0 Å². The molecule has 0 unspecified atom stereocenters. The average Bonchev–Trinajstić information content (AvgIpc) is 2.54. The summed E-state index contributed by atoms with van der Waals surface area (Å²) in [7, 11) is 1.58. The van der Waals surface area contributed by atoms with Crippen LogP contribution in [0.1, 0.15) is 19.8 Å². The van der Waals surface area contributed by atoms with Gasteiger partial charge in [0, 0.05) is 18.8 Å². The van der Waals surface area contributed by atoms with Gasteiger partial charge in [0.05, 0.1) is 25.9 Å². The van der Waals surface area contributed by atoms with Gasteiger partial charge in [0.25, 0.3) is 5.91 Å². The lowest BCUT2D eigenvalue weighted by molar-refractivity contribution is -0.919. The summed E-state index contributed by atoms with van der Waals surface area (Å²) in [5.41, 5.74) is 6.02. The zero-order valence-corrected chi connectivity index (χ0v) is 13.1. The Kier molecular flexibility index (Phi) is 5.38. The van der Waals surface area contributed by atoms with Crippen molar-refractivity contribution in [2.75, 3.05) is 25.5 Å². The highest BCUT2D eigenvalue weighted by Gasteiger charge is 2.32. The van der Waals surface area contributed by atoms with Gasteiger partial charge in [0.15, 0.2) is 6.04 Å². The molecule has 6 heteroatoms. The minimum atomic E-state index is -0.231. The predicted octanol–water partition coefficient (Wildman–Crippen LogP) is -0.198. The van der Waals surface area contributed by atoms with Gasteiger partial charge in [-0.1, -0.05) is 12.1 Å². The smallest absolute Gasteiger partial charge is 0.282 e. The van der Waals surface area contributed by atoms with E-state index in [1.807, 2.05) is 31.2 Å². The number of ether oxygens (including phenoxy) is 1. The minimum Gasteiger partial charge on any atom is -0.495 e. The molecule has 1 aliphatic rings. The Bertz CT molecular complexity index is 539. The molecular weight excluding hydrogens is 282 g/mol. The number of quaternary nitrogens is 1. The number of hydrogen-bond acceptors (Lipinski definition) is 3. The van der Waals surface area contributed by atoms with Crippen LogP contribution < -0.4 is 20.7 Å². The monoisotopic (exact) mass is 306 g/mol. The number of nitrogens with two attached hydrogens (primary N) is 1. The topological polar surface area (TPSA) is 85.9 Å². The molecule has 0 aliphatic carbocycles. The number of carbonyl (C=O) groups excluding carboxylic acids is 2. The van der Waals surface area contributed by atoms with Crippen LogP contribution in [-0.4, -0.2) is 38.1 Å². The SMILES string of the molecule is COc1ccccc1NC(=O)[C@@H](C)[NH+]1CCC(C(N)=O)CC1. The van der Waals surface area contributed by atoms with E-state index in [0.29, 0.717) is 11.4 Å². The molecule has 2 amide bonds. The fourth-order valence-electron chi connectivity index (χ4n) is 2.88. The van der Waals surface area contributed by atoms with Crippen LogP contribution in [0.5, 0.6) is 5.75 Å². The zero-order chi connectivity index (χ0) is 16.1. The van der Waals surface area contributed by atoms with Crippen molar-refractivity contribution in [1.82, 2.24) is 0 Å². The van der Waals surface area contributed by atoms with Gasteiger partial charge in [0.2, 0.25) is 5.91 Å². The van der Waals surface area contributed by atoms with Crippen LogP contribution in [0.3, 0.4) is 0 Å². The Balaban J connectivity index is 1.94. The molecule has 1 aromatic rings. The van der Waals surface area contributed by atoms with Crippen molar-refractivity contribution in [1.29, 1.82) is 0 Å². The van der Waals surface area contributed by atoms with Crippen molar-refractivity contribution >= 4 is 17.5 Å². The highest BCUT2D eigenvalue weighted by molar-refractivity contribution is 5.94. The zero-order valence-electron chi connectivity index (χ0n) is 13.1. The fourth-order valence-corrected chi connectivity index (χ4v) is 2.88. The Labute approximate surface area is 130 Å². The third-order valence-electron chi connectivity index (χ3n) is 4.40. The molecule has 1 aliphatic heterocycles. The van der Waals surface area contributed by atoms with Gasteiger partial charge in [-0.3, -0.25) is 9.59 Å². The average molecular weight is 306 g/mol. The molecule has 1 atom stereocenters. The van der Waals surface area contributed by atoms with Crippen molar-refractivity contribution in [3.05, 3.63) is 24.3 Å².